The number of carbonyl (C=O) groups excluding carboxylic acids is 1. The number of benzene rings is 1. The minimum atomic E-state index is -1.27. The van der Waals surface area contributed by atoms with Crippen LogP contribution in [0.4, 0.5) is 15.8 Å². The summed E-state index contributed by atoms with van der Waals surface area (Å²) in [6.07, 6.45) is 1.21. The highest BCUT2D eigenvalue weighted by atomic mass is 19.1. The number of nitrogens with zero attached hydrogens (tertiary/aromatic N) is 2. The van der Waals surface area contributed by atoms with Crippen LogP contribution in [0.3, 0.4) is 0 Å². The number of rotatable bonds is 4. The van der Waals surface area contributed by atoms with Crippen LogP contribution in [-0.2, 0) is 4.79 Å². The number of hydrogen-bond donors (Lipinski definition) is 2. The summed E-state index contributed by atoms with van der Waals surface area (Å²) < 4.78 is 14.2. The molecule has 0 bridgehead atoms. The first-order valence-electron chi connectivity index (χ1n) is 7.32. The van der Waals surface area contributed by atoms with Gasteiger partial charge in [0.2, 0.25) is 0 Å². The monoisotopic (exact) mass is 293 g/mol. The average molecular weight is 293 g/mol. The first kappa shape index (κ1) is 14.3. The summed E-state index contributed by atoms with van der Waals surface area (Å²) in [7, 11) is 1.84. The van der Waals surface area contributed by atoms with E-state index in [0.717, 1.165) is 26.2 Å². The highest BCUT2D eigenvalue weighted by Gasteiger charge is 2.30. The van der Waals surface area contributed by atoms with Gasteiger partial charge < -0.3 is 20.2 Å². The molecule has 1 saturated heterocycles. The Bertz CT molecular complexity index is 558. The van der Waals surface area contributed by atoms with Gasteiger partial charge in [-0.25, -0.2) is 4.39 Å². The topological polar surface area (TPSA) is 55.8 Å². The molecule has 2 N–H and O–H groups in total. The molecule has 1 aromatic carbocycles. The second-order valence-electron chi connectivity index (χ2n) is 5.75. The number of likely N-dealkylation sites (tertiary alicyclic amines) is 1. The molecule has 1 atom stereocenters. The zero-order valence-corrected chi connectivity index (χ0v) is 12.1. The predicted octanol–water partition coefficient (Wildman–Crippen LogP) is 1.34. The first-order chi connectivity index (χ1) is 10.1. The average Bonchev–Trinajstić information content (AvgIpc) is 3.06. The van der Waals surface area contributed by atoms with Crippen LogP contribution in [-0.4, -0.2) is 49.1 Å². The molecule has 0 aliphatic carbocycles. The number of nitrogens with one attached hydrogen (secondary N) is 1. The van der Waals surface area contributed by atoms with Gasteiger partial charge >= 0.3 is 0 Å². The molecule has 114 valence electrons. The van der Waals surface area contributed by atoms with Gasteiger partial charge in [0, 0.05) is 31.4 Å². The van der Waals surface area contributed by atoms with Crippen molar-refractivity contribution < 1.29 is 14.3 Å². The highest BCUT2D eigenvalue weighted by Crippen LogP contribution is 2.35. The van der Waals surface area contributed by atoms with Crippen LogP contribution in [0.1, 0.15) is 24.5 Å². The maximum atomic E-state index is 14.2. The van der Waals surface area contributed by atoms with Crippen molar-refractivity contribution in [3.8, 4) is 0 Å². The summed E-state index contributed by atoms with van der Waals surface area (Å²) in [5, 5.41) is 12.2. The molecule has 0 radical (unpaired) electrons. The third kappa shape index (κ3) is 2.73. The molecule has 0 saturated carbocycles. The van der Waals surface area contributed by atoms with Crippen molar-refractivity contribution in [2.75, 3.05) is 43.4 Å². The second-order valence-corrected chi connectivity index (χ2v) is 5.75. The Labute approximate surface area is 123 Å². The lowest BCUT2D eigenvalue weighted by Crippen LogP contribution is -2.31. The molecule has 0 spiro atoms. The van der Waals surface area contributed by atoms with Crippen molar-refractivity contribution in [1.82, 2.24) is 4.90 Å². The molecule has 2 heterocycles. The Kier molecular flexibility index (Phi) is 3.82. The van der Waals surface area contributed by atoms with Crippen LogP contribution in [0.5, 0.6) is 0 Å². The van der Waals surface area contributed by atoms with E-state index in [4.69, 9.17) is 0 Å². The standard InChI is InChI=1S/C15H20FN3O2/c1-18(6-7-19-4-2-3-5-19)13-9-12-10(8-11(13)16)14(20)15(21)17-12/h8-9,14,20H,2-7H2,1H3,(H,17,21). The Hall–Kier alpha value is -1.66. The summed E-state index contributed by atoms with van der Waals surface area (Å²) in [5.41, 5.74) is 1.26. The molecule has 1 unspecified atom stereocenters. The van der Waals surface area contributed by atoms with Crippen LogP contribution in [0.2, 0.25) is 0 Å². The first-order valence-corrected chi connectivity index (χ1v) is 7.32. The number of aliphatic hydroxyl groups excluding tert-OH is 1. The van der Waals surface area contributed by atoms with Crippen molar-refractivity contribution in [3.63, 3.8) is 0 Å². The van der Waals surface area contributed by atoms with E-state index in [9.17, 15) is 14.3 Å². The van der Waals surface area contributed by atoms with Gasteiger partial charge in [0.15, 0.2) is 6.10 Å². The zero-order valence-electron chi connectivity index (χ0n) is 12.1. The van der Waals surface area contributed by atoms with Crippen molar-refractivity contribution in [1.29, 1.82) is 0 Å². The van der Waals surface area contributed by atoms with Gasteiger partial charge in [-0.05, 0) is 38.1 Å². The van der Waals surface area contributed by atoms with E-state index >= 15 is 0 Å². The molecule has 3 rings (SSSR count). The minimum Gasteiger partial charge on any atom is -0.378 e. The van der Waals surface area contributed by atoms with Gasteiger partial charge in [-0.2, -0.15) is 0 Å². The van der Waals surface area contributed by atoms with E-state index in [1.165, 1.54) is 18.9 Å². The molecule has 2 aliphatic rings. The number of likely N-dealkylation sites (N-methyl/N-ethyl adjacent to an activating group) is 1. The molecular formula is C15H20FN3O2. The van der Waals surface area contributed by atoms with E-state index < -0.39 is 17.8 Å². The quantitative estimate of drug-likeness (QED) is 0.880. The maximum absolute atomic E-state index is 14.2. The van der Waals surface area contributed by atoms with E-state index in [-0.39, 0.29) is 0 Å². The summed E-state index contributed by atoms with van der Waals surface area (Å²) in [6, 6.07) is 2.85. The highest BCUT2D eigenvalue weighted by molar-refractivity contribution is 6.02. The minimum absolute atomic E-state index is 0.314. The van der Waals surface area contributed by atoms with Gasteiger partial charge in [-0.3, -0.25) is 4.79 Å². The van der Waals surface area contributed by atoms with Crippen molar-refractivity contribution in [3.05, 3.63) is 23.5 Å². The van der Waals surface area contributed by atoms with Crippen LogP contribution in [0.25, 0.3) is 0 Å². The fourth-order valence-electron chi connectivity index (χ4n) is 2.96. The van der Waals surface area contributed by atoms with Crippen LogP contribution in [0.15, 0.2) is 12.1 Å². The van der Waals surface area contributed by atoms with Gasteiger partial charge in [-0.15, -0.1) is 0 Å². The Balaban J connectivity index is 1.73. The van der Waals surface area contributed by atoms with Crippen molar-refractivity contribution in [2.24, 2.45) is 0 Å². The van der Waals surface area contributed by atoms with Crippen LogP contribution in [0, 0.1) is 5.82 Å². The molecule has 5 nitrogen and oxygen atoms in total. The third-order valence-corrected chi connectivity index (χ3v) is 4.28. The number of aliphatic hydroxyl groups is 1. The number of fused-ring (bicyclic) bond motifs is 1. The molecule has 1 fully saturated rings. The molecular weight excluding hydrogens is 273 g/mol. The Morgan fingerprint density at radius 1 is 1.43 bits per heavy atom. The number of anilines is 2. The number of carbonyl (C=O) groups is 1. The summed E-state index contributed by atoms with van der Waals surface area (Å²) in [5.74, 6) is -0.908. The van der Waals surface area contributed by atoms with Gasteiger partial charge in [0.05, 0.1) is 5.69 Å². The Morgan fingerprint density at radius 3 is 2.86 bits per heavy atom. The molecule has 0 aromatic heterocycles. The van der Waals surface area contributed by atoms with Gasteiger partial charge in [0.25, 0.3) is 5.91 Å². The third-order valence-electron chi connectivity index (χ3n) is 4.28. The summed E-state index contributed by atoms with van der Waals surface area (Å²) in [6.45, 7) is 3.86. The molecule has 1 amide bonds. The number of hydrogen-bond acceptors (Lipinski definition) is 4. The van der Waals surface area contributed by atoms with E-state index in [2.05, 4.69) is 10.2 Å². The fraction of sp³-hybridized carbons (Fsp3) is 0.533. The largest absolute Gasteiger partial charge is 0.378 e. The zero-order chi connectivity index (χ0) is 15.0. The maximum Gasteiger partial charge on any atom is 0.257 e. The summed E-state index contributed by atoms with van der Waals surface area (Å²) in [4.78, 5) is 15.6. The number of halogens is 1. The Morgan fingerprint density at radius 2 is 2.14 bits per heavy atom. The van der Waals surface area contributed by atoms with E-state index in [1.807, 2.05) is 11.9 Å². The van der Waals surface area contributed by atoms with Gasteiger partial charge in [0.1, 0.15) is 5.82 Å². The second kappa shape index (κ2) is 5.61. The lowest BCUT2D eigenvalue weighted by Gasteiger charge is -2.24. The lowest BCUT2D eigenvalue weighted by molar-refractivity contribution is -0.123. The van der Waals surface area contributed by atoms with E-state index in [1.54, 1.807) is 6.07 Å². The van der Waals surface area contributed by atoms with Crippen LogP contribution >= 0.6 is 0 Å². The fourth-order valence-corrected chi connectivity index (χ4v) is 2.96. The normalized spacial score (nSPS) is 21.5. The van der Waals surface area contributed by atoms with Gasteiger partial charge in [-0.1, -0.05) is 0 Å². The molecule has 2 aliphatic heterocycles. The predicted molar refractivity (Wildman–Crippen MR) is 78.9 cm³/mol. The lowest BCUT2D eigenvalue weighted by atomic mass is 10.1. The van der Waals surface area contributed by atoms with Crippen molar-refractivity contribution in [2.45, 2.75) is 18.9 Å². The molecule has 21 heavy (non-hydrogen) atoms. The van der Waals surface area contributed by atoms with Crippen LogP contribution < -0.4 is 10.2 Å². The summed E-state index contributed by atoms with van der Waals surface area (Å²) >= 11 is 0. The number of amides is 1. The SMILES string of the molecule is CN(CCN1CCCC1)c1cc2c(cc1F)C(O)C(=O)N2. The van der Waals surface area contributed by atoms with E-state index in [0.29, 0.717) is 16.9 Å². The smallest absolute Gasteiger partial charge is 0.257 e. The molecule has 6 heteroatoms. The molecule has 1 aromatic rings. The van der Waals surface area contributed by atoms with Crippen molar-refractivity contribution >= 4 is 17.3 Å².